The molecule has 1 N–H and O–H groups in total. The molecule has 0 spiro atoms. The Morgan fingerprint density at radius 2 is 1.90 bits per heavy atom. The van der Waals surface area contributed by atoms with Gasteiger partial charge in [-0.2, -0.15) is 5.10 Å². The van der Waals surface area contributed by atoms with Gasteiger partial charge in [-0.05, 0) is 91.0 Å². The molecule has 0 aliphatic rings. The molecule has 2 heterocycles. The van der Waals surface area contributed by atoms with Crippen molar-refractivity contribution in [3.63, 3.8) is 0 Å². The lowest BCUT2D eigenvalue weighted by atomic mass is 10.2. The number of fused-ring (bicyclic) bond motifs is 1. The molecule has 0 unspecified atom stereocenters. The van der Waals surface area contributed by atoms with Crippen LogP contribution in [0.4, 0.5) is 0 Å². The van der Waals surface area contributed by atoms with Gasteiger partial charge in [0.1, 0.15) is 5.58 Å². The molecule has 0 aliphatic carbocycles. The van der Waals surface area contributed by atoms with E-state index in [-0.39, 0.29) is 11.7 Å². The molecule has 0 saturated heterocycles. The summed E-state index contributed by atoms with van der Waals surface area (Å²) in [7, 11) is 0. The quantitative estimate of drug-likeness (QED) is 0.189. The molecule has 2 aromatic carbocycles. The van der Waals surface area contributed by atoms with Gasteiger partial charge in [-0.3, -0.25) is 4.79 Å². The summed E-state index contributed by atoms with van der Waals surface area (Å²) in [5.41, 5.74) is 7.38. The fourth-order valence-electron chi connectivity index (χ4n) is 3.25. The van der Waals surface area contributed by atoms with Crippen LogP contribution in [-0.2, 0) is 0 Å². The number of aryl methyl sites for hydroxylation is 1. The minimum atomic E-state index is -0.389. The van der Waals surface area contributed by atoms with Gasteiger partial charge in [-0.25, -0.2) is 5.43 Å². The SMILES string of the molecule is Cc1cc(/C=N\NC(=O)c2cc3cc(Br)ccc3o2)c(C)n1-c1ccc(I)cc1. The molecule has 0 radical (unpaired) electrons. The standard InChI is InChI=1S/C22H17BrIN3O2/c1-13-9-16(14(2)27(13)19-6-4-18(24)5-7-19)12-25-26-22(28)21-11-15-10-17(23)3-8-20(15)29-21/h3-12H,1-2H3,(H,26,28)/b25-12-. The Kier molecular flexibility index (Phi) is 5.60. The number of furan rings is 1. The summed E-state index contributed by atoms with van der Waals surface area (Å²) < 4.78 is 9.87. The summed E-state index contributed by atoms with van der Waals surface area (Å²) in [6, 6.07) is 17.7. The van der Waals surface area contributed by atoms with E-state index >= 15 is 0 Å². The summed E-state index contributed by atoms with van der Waals surface area (Å²) in [4.78, 5) is 12.4. The number of nitrogens with zero attached hydrogens (tertiary/aromatic N) is 2. The smallest absolute Gasteiger partial charge is 0.307 e. The predicted molar refractivity (Wildman–Crippen MR) is 127 cm³/mol. The second kappa shape index (κ2) is 8.16. The minimum absolute atomic E-state index is 0.222. The first kappa shape index (κ1) is 19.9. The van der Waals surface area contributed by atoms with Crippen LogP contribution in [0.1, 0.15) is 27.5 Å². The van der Waals surface area contributed by atoms with Gasteiger partial charge >= 0.3 is 5.91 Å². The molecule has 0 bridgehead atoms. The van der Waals surface area contributed by atoms with Gasteiger partial charge < -0.3 is 8.98 Å². The second-order valence-electron chi connectivity index (χ2n) is 6.63. The largest absolute Gasteiger partial charge is 0.451 e. The molecule has 4 aromatic rings. The maximum atomic E-state index is 12.4. The van der Waals surface area contributed by atoms with Crippen LogP contribution < -0.4 is 5.43 Å². The van der Waals surface area contributed by atoms with Gasteiger partial charge in [0.25, 0.3) is 0 Å². The Labute approximate surface area is 190 Å². The highest BCUT2D eigenvalue weighted by Crippen LogP contribution is 2.23. The minimum Gasteiger partial charge on any atom is -0.451 e. The Bertz CT molecular complexity index is 1240. The molecular formula is C22H17BrIN3O2. The number of amides is 1. The lowest BCUT2D eigenvalue weighted by molar-refractivity contribution is 0.0929. The van der Waals surface area contributed by atoms with Crippen molar-refractivity contribution in [1.82, 2.24) is 9.99 Å². The number of rotatable bonds is 4. The maximum absolute atomic E-state index is 12.4. The highest BCUT2D eigenvalue weighted by Gasteiger charge is 2.13. The van der Waals surface area contributed by atoms with Crippen molar-refractivity contribution in [1.29, 1.82) is 0 Å². The van der Waals surface area contributed by atoms with Crippen LogP contribution in [0.15, 0.2) is 68.6 Å². The van der Waals surface area contributed by atoms with Crippen molar-refractivity contribution in [2.45, 2.75) is 13.8 Å². The van der Waals surface area contributed by atoms with E-state index in [1.54, 1.807) is 12.3 Å². The van der Waals surface area contributed by atoms with Crippen molar-refractivity contribution in [3.05, 3.63) is 85.4 Å². The summed E-state index contributed by atoms with van der Waals surface area (Å²) in [6.45, 7) is 4.08. The summed E-state index contributed by atoms with van der Waals surface area (Å²) in [5.74, 6) is -0.167. The number of halogens is 2. The lowest BCUT2D eigenvalue weighted by Crippen LogP contribution is -2.16. The van der Waals surface area contributed by atoms with Crippen LogP contribution in [0, 0.1) is 17.4 Å². The third-order valence-electron chi connectivity index (χ3n) is 4.63. The average Bonchev–Trinajstić information content (AvgIpc) is 3.23. The van der Waals surface area contributed by atoms with E-state index in [9.17, 15) is 4.79 Å². The number of carbonyl (C=O) groups excluding carboxylic acids is 1. The van der Waals surface area contributed by atoms with Gasteiger partial charge in [-0.15, -0.1) is 0 Å². The van der Waals surface area contributed by atoms with Crippen LogP contribution >= 0.6 is 38.5 Å². The monoisotopic (exact) mass is 561 g/mol. The molecule has 0 atom stereocenters. The molecule has 0 fully saturated rings. The van der Waals surface area contributed by atoms with Crippen molar-refractivity contribution in [3.8, 4) is 5.69 Å². The summed E-state index contributed by atoms with van der Waals surface area (Å²) >= 11 is 5.71. The Balaban J connectivity index is 1.52. The van der Waals surface area contributed by atoms with E-state index in [0.29, 0.717) is 5.58 Å². The summed E-state index contributed by atoms with van der Waals surface area (Å²) in [6.07, 6.45) is 1.66. The average molecular weight is 562 g/mol. The molecule has 146 valence electrons. The second-order valence-corrected chi connectivity index (χ2v) is 8.79. The highest BCUT2D eigenvalue weighted by molar-refractivity contribution is 14.1. The third-order valence-corrected chi connectivity index (χ3v) is 5.84. The van der Waals surface area contributed by atoms with E-state index in [1.165, 1.54) is 3.57 Å². The molecule has 0 saturated carbocycles. The van der Waals surface area contributed by atoms with Gasteiger partial charge in [0.15, 0.2) is 5.76 Å². The third kappa shape index (κ3) is 4.16. The molecule has 1 amide bonds. The molecule has 0 aliphatic heterocycles. The molecule has 5 nitrogen and oxygen atoms in total. The van der Waals surface area contributed by atoms with E-state index in [2.05, 4.69) is 77.9 Å². The van der Waals surface area contributed by atoms with Gasteiger partial charge in [0, 0.05) is 36.1 Å². The van der Waals surface area contributed by atoms with Crippen LogP contribution in [0.2, 0.25) is 0 Å². The number of aromatic nitrogens is 1. The first-order valence-corrected chi connectivity index (χ1v) is 10.8. The fraction of sp³-hybridized carbons (Fsp3) is 0.0909. The van der Waals surface area contributed by atoms with E-state index in [1.807, 2.05) is 38.1 Å². The number of hydrazone groups is 1. The molecular weight excluding hydrogens is 545 g/mol. The molecule has 4 rings (SSSR count). The molecule has 2 aromatic heterocycles. The van der Waals surface area contributed by atoms with Crippen molar-refractivity contribution >= 4 is 61.6 Å². The first-order valence-electron chi connectivity index (χ1n) is 8.90. The first-order chi connectivity index (χ1) is 13.9. The normalized spacial score (nSPS) is 11.4. The number of hydrogen-bond acceptors (Lipinski definition) is 3. The number of hydrogen-bond donors (Lipinski definition) is 1. The van der Waals surface area contributed by atoms with Crippen LogP contribution in [0.25, 0.3) is 16.7 Å². The molecule has 7 heteroatoms. The zero-order valence-electron chi connectivity index (χ0n) is 15.7. The Morgan fingerprint density at radius 1 is 1.14 bits per heavy atom. The van der Waals surface area contributed by atoms with Gasteiger partial charge in [0.05, 0.1) is 6.21 Å². The lowest BCUT2D eigenvalue weighted by Gasteiger charge is -2.09. The summed E-state index contributed by atoms with van der Waals surface area (Å²) in [5, 5.41) is 4.98. The van der Waals surface area contributed by atoms with Gasteiger partial charge in [0.2, 0.25) is 0 Å². The number of carbonyl (C=O) groups is 1. The van der Waals surface area contributed by atoms with E-state index < -0.39 is 0 Å². The maximum Gasteiger partial charge on any atom is 0.307 e. The van der Waals surface area contributed by atoms with Crippen molar-refractivity contribution < 1.29 is 9.21 Å². The molecule has 29 heavy (non-hydrogen) atoms. The van der Waals surface area contributed by atoms with Gasteiger partial charge in [-0.1, -0.05) is 15.9 Å². The van der Waals surface area contributed by atoms with Crippen LogP contribution in [0.5, 0.6) is 0 Å². The van der Waals surface area contributed by atoms with Crippen LogP contribution in [-0.4, -0.2) is 16.7 Å². The topological polar surface area (TPSA) is 59.5 Å². The van der Waals surface area contributed by atoms with Crippen molar-refractivity contribution in [2.75, 3.05) is 0 Å². The van der Waals surface area contributed by atoms with Crippen LogP contribution in [0.3, 0.4) is 0 Å². The Morgan fingerprint density at radius 3 is 2.66 bits per heavy atom. The number of nitrogens with one attached hydrogen (secondary N) is 1. The fourth-order valence-corrected chi connectivity index (χ4v) is 3.99. The zero-order valence-corrected chi connectivity index (χ0v) is 19.5. The zero-order chi connectivity index (χ0) is 20.5. The predicted octanol–water partition coefficient (Wildman–Crippen LogP) is 5.97. The van der Waals surface area contributed by atoms with E-state index in [0.717, 1.165) is 32.5 Å². The number of benzene rings is 2. The highest BCUT2D eigenvalue weighted by atomic mass is 127. The van der Waals surface area contributed by atoms with E-state index in [4.69, 9.17) is 4.42 Å². The Hall–Kier alpha value is -2.39. The van der Waals surface area contributed by atoms with Crippen molar-refractivity contribution in [2.24, 2.45) is 5.10 Å².